The lowest BCUT2D eigenvalue weighted by molar-refractivity contribution is 0.0149. The minimum atomic E-state index is -0.0243. The van der Waals surface area contributed by atoms with Gasteiger partial charge in [-0.05, 0) is 56.5 Å². The van der Waals surface area contributed by atoms with Crippen LogP contribution in [0.3, 0.4) is 0 Å². The van der Waals surface area contributed by atoms with Crippen molar-refractivity contribution in [1.29, 1.82) is 0 Å². The number of hydrogen-bond donors (Lipinski definition) is 1. The Labute approximate surface area is 137 Å². The van der Waals surface area contributed by atoms with Crippen LogP contribution in [0, 0.1) is 5.92 Å². The molecule has 124 valence electrons. The molecule has 1 saturated heterocycles. The second-order valence-electron chi connectivity index (χ2n) is 7.20. The van der Waals surface area contributed by atoms with Gasteiger partial charge in [0, 0.05) is 23.4 Å². The maximum atomic E-state index is 10.9. The number of likely N-dealkylation sites (tertiary alicyclic amines) is 1. The van der Waals surface area contributed by atoms with Crippen LogP contribution >= 0.6 is 0 Å². The molecule has 0 unspecified atom stereocenters. The highest BCUT2D eigenvalue weighted by Gasteiger charge is 2.55. The molecule has 0 aromatic heterocycles. The SMILES string of the molecule is COC1=CC[C@H]2[C@H]3Cc4ccc(OC)c(O)c4[C@@]2(CCN3C)C1. The Morgan fingerprint density at radius 2 is 2.09 bits per heavy atom. The Morgan fingerprint density at radius 3 is 2.83 bits per heavy atom. The average molecular weight is 315 g/mol. The summed E-state index contributed by atoms with van der Waals surface area (Å²) in [6, 6.07) is 4.58. The number of nitrogens with zero attached hydrogens (tertiary/aromatic N) is 1. The normalized spacial score (nSPS) is 32.6. The highest BCUT2D eigenvalue weighted by Crippen LogP contribution is 2.58. The van der Waals surface area contributed by atoms with Crippen LogP contribution < -0.4 is 4.74 Å². The van der Waals surface area contributed by atoms with Gasteiger partial charge in [-0.25, -0.2) is 0 Å². The van der Waals surface area contributed by atoms with Crippen molar-refractivity contribution in [3.05, 3.63) is 35.1 Å². The number of piperidine rings is 1. The molecular weight excluding hydrogens is 290 g/mol. The Hall–Kier alpha value is -1.68. The Balaban J connectivity index is 1.93. The van der Waals surface area contributed by atoms with E-state index in [-0.39, 0.29) is 5.41 Å². The molecule has 4 rings (SSSR count). The molecule has 1 aromatic carbocycles. The van der Waals surface area contributed by atoms with Crippen molar-refractivity contribution in [2.24, 2.45) is 5.92 Å². The molecular formula is C19H25NO3. The lowest BCUT2D eigenvalue weighted by Gasteiger charge is -2.57. The van der Waals surface area contributed by atoms with E-state index in [1.54, 1.807) is 14.2 Å². The van der Waals surface area contributed by atoms with E-state index >= 15 is 0 Å². The summed E-state index contributed by atoms with van der Waals surface area (Å²) in [6.07, 6.45) is 6.21. The molecule has 1 N–H and O–H groups in total. The quantitative estimate of drug-likeness (QED) is 0.911. The fourth-order valence-corrected chi connectivity index (χ4v) is 5.23. The summed E-state index contributed by atoms with van der Waals surface area (Å²) >= 11 is 0. The maximum Gasteiger partial charge on any atom is 0.161 e. The van der Waals surface area contributed by atoms with Gasteiger partial charge in [-0.1, -0.05) is 6.07 Å². The zero-order chi connectivity index (χ0) is 16.2. The van der Waals surface area contributed by atoms with Crippen molar-refractivity contribution in [3.8, 4) is 11.5 Å². The van der Waals surface area contributed by atoms with Gasteiger partial charge in [0.15, 0.2) is 11.5 Å². The number of ether oxygens (including phenoxy) is 2. The van der Waals surface area contributed by atoms with Crippen molar-refractivity contribution in [3.63, 3.8) is 0 Å². The molecule has 1 aliphatic heterocycles. The van der Waals surface area contributed by atoms with Gasteiger partial charge in [-0.3, -0.25) is 0 Å². The highest BCUT2D eigenvalue weighted by molar-refractivity contribution is 5.57. The van der Waals surface area contributed by atoms with Gasteiger partial charge in [0.2, 0.25) is 0 Å². The van der Waals surface area contributed by atoms with Crippen LogP contribution in [0.1, 0.15) is 30.4 Å². The molecule has 3 atom stereocenters. The predicted octanol–water partition coefficient (Wildman–Crippen LogP) is 2.84. The molecule has 0 saturated carbocycles. The van der Waals surface area contributed by atoms with Crippen LogP contribution in [-0.2, 0) is 16.6 Å². The number of hydrogen-bond acceptors (Lipinski definition) is 4. The molecule has 23 heavy (non-hydrogen) atoms. The van der Waals surface area contributed by atoms with Gasteiger partial charge in [0.25, 0.3) is 0 Å². The smallest absolute Gasteiger partial charge is 0.161 e. The van der Waals surface area contributed by atoms with E-state index in [9.17, 15) is 5.11 Å². The van der Waals surface area contributed by atoms with Crippen LogP contribution in [0.2, 0.25) is 0 Å². The molecule has 4 nitrogen and oxygen atoms in total. The minimum absolute atomic E-state index is 0.0243. The molecule has 3 aliphatic rings. The molecule has 1 heterocycles. The molecule has 0 radical (unpaired) electrons. The average Bonchev–Trinajstić information content (AvgIpc) is 2.57. The molecule has 2 aliphatic carbocycles. The largest absolute Gasteiger partial charge is 0.504 e. The molecule has 1 aromatic rings. The summed E-state index contributed by atoms with van der Waals surface area (Å²) in [5, 5.41) is 10.9. The third kappa shape index (κ3) is 1.94. The van der Waals surface area contributed by atoms with Crippen LogP contribution in [0.15, 0.2) is 24.0 Å². The van der Waals surface area contributed by atoms with E-state index in [0.717, 1.165) is 43.6 Å². The molecule has 2 bridgehead atoms. The number of methoxy groups -OCH3 is 2. The van der Waals surface area contributed by atoms with Gasteiger partial charge in [-0.2, -0.15) is 0 Å². The first kappa shape index (κ1) is 14.9. The van der Waals surface area contributed by atoms with Crippen LogP contribution in [0.4, 0.5) is 0 Å². The van der Waals surface area contributed by atoms with Crippen LogP contribution in [-0.4, -0.2) is 43.9 Å². The van der Waals surface area contributed by atoms with Crippen LogP contribution in [0.5, 0.6) is 11.5 Å². The minimum Gasteiger partial charge on any atom is -0.504 e. The number of phenols is 1. The summed E-state index contributed by atoms with van der Waals surface area (Å²) in [4.78, 5) is 2.50. The third-order valence-electron chi connectivity index (χ3n) is 6.38. The summed E-state index contributed by atoms with van der Waals surface area (Å²) < 4.78 is 11.0. The van der Waals surface area contributed by atoms with Crippen molar-refractivity contribution < 1.29 is 14.6 Å². The first-order chi connectivity index (χ1) is 11.1. The monoisotopic (exact) mass is 315 g/mol. The van der Waals surface area contributed by atoms with Crippen molar-refractivity contribution in [2.45, 2.75) is 37.1 Å². The zero-order valence-electron chi connectivity index (χ0n) is 14.1. The first-order valence-corrected chi connectivity index (χ1v) is 8.43. The summed E-state index contributed by atoms with van der Waals surface area (Å²) in [5.74, 6) is 2.52. The fourth-order valence-electron chi connectivity index (χ4n) is 5.23. The Morgan fingerprint density at radius 1 is 1.26 bits per heavy atom. The predicted molar refractivity (Wildman–Crippen MR) is 88.9 cm³/mol. The van der Waals surface area contributed by atoms with E-state index in [4.69, 9.17) is 9.47 Å². The van der Waals surface area contributed by atoms with E-state index in [2.05, 4.69) is 24.1 Å². The van der Waals surface area contributed by atoms with E-state index in [0.29, 0.717) is 23.5 Å². The summed E-state index contributed by atoms with van der Waals surface area (Å²) in [6.45, 7) is 1.06. The van der Waals surface area contributed by atoms with E-state index in [1.807, 2.05) is 6.07 Å². The first-order valence-electron chi connectivity index (χ1n) is 8.43. The number of benzene rings is 1. The van der Waals surface area contributed by atoms with Gasteiger partial charge < -0.3 is 19.5 Å². The van der Waals surface area contributed by atoms with Crippen molar-refractivity contribution in [2.75, 3.05) is 27.8 Å². The maximum absolute atomic E-state index is 10.9. The second kappa shape index (κ2) is 5.17. The standard InChI is InChI=1S/C19H25NO3/c1-20-9-8-19-11-13(22-2)5-6-14(19)15(20)10-12-4-7-16(23-3)18(21)17(12)19/h4-5,7,14-15,21H,6,8-11H2,1-3H3/t14-,15+,19-/m0/s1. The molecule has 0 amide bonds. The number of fused-ring (bicyclic) bond motifs is 1. The Kier molecular flexibility index (Phi) is 3.34. The highest BCUT2D eigenvalue weighted by atomic mass is 16.5. The van der Waals surface area contributed by atoms with Gasteiger partial charge in [0.1, 0.15) is 0 Å². The number of allylic oxidation sites excluding steroid dienone is 2. The lowest BCUT2D eigenvalue weighted by Crippen LogP contribution is -2.59. The van der Waals surface area contributed by atoms with Crippen molar-refractivity contribution in [1.82, 2.24) is 4.90 Å². The number of likely N-dealkylation sites (N-methyl/N-ethyl adjacent to an activating group) is 1. The topological polar surface area (TPSA) is 41.9 Å². The number of rotatable bonds is 2. The second-order valence-corrected chi connectivity index (χ2v) is 7.20. The van der Waals surface area contributed by atoms with Gasteiger partial charge in [-0.15, -0.1) is 0 Å². The number of aromatic hydroxyl groups is 1. The van der Waals surface area contributed by atoms with Gasteiger partial charge in [0.05, 0.1) is 20.0 Å². The summed E-state index contributed by atoms with van der Waals surface area (Å²) in [7, 11) is 5.61. The van der Waals surface area contributed by atoms with Crippen molar-refractivity contribution >= 4 is 0 Å². The van der Waals surface area contributed by atoms with Gasteiger partial charge >= 0.3 is 0 Å². The van der Waals surface area contributed by atoms with E-state index in [1.165, 1.54) is 5.56 Å². The summed E-state index contributed by atoms with van der Waals surface area (Å²) in [5.41, 5.74) is 2.37. The molecule has 4 heteroatoms. The molecule has 0 spiro atoms. The Bertz CT molecular complexity index is 669. The third-order valence-corrected chi connectivity index (χ3v) is 6.38. The fraction of sp³-hybridized carbons (Fsp3) is 0.579. The number of phenolic OH excluding ortho intramolecular Hbond substituents is 1. The molecule has 1 fully saturated rings. The lowest BCUT2D eigenvalue weighted by atomic mass is 9.53. The van der Waals surface area contributed by atoms with E-state index < -0.39 is 0 Å². The van der Waals surface area contributed by atoms with Crippen LogP contribution in [0.25, 0.3) is 0 Å². The zero-order valence-corrected chi connectivity index (χ0v) is 14.1.